The predicted octanol–water partition coefficient (Wildman–Crippen LogP) is 0.780. The minimum Gasteiger partial charge on any atom is -0.506 e. The lowest BCUT2D eigenvalue weighted by Gasteiger charge is -1.90. The van der Waals surface area contributed by atoms with Gasteiger partial charge >= 0.3 is 0 Å². The molecule has 0 aromatic carbocycles. The van der Waals surface area contributed by atoms with Gasteiger partial charge in [-0.1, -0.05) is 0 Å². The zero-order valence-corrected chi connectivity index (χ0v) is 5.37. The standard InChI is InChI=1S/C7H7NO2/c9-6-3-4-8-5(6)1-2-7(8)10/h3-4,9H,1-2H2. The summed E-state index contributed by atoms with van der Waals surface area (Å²) in [5.74, 6) is 0.321. The van der Waals surface area contributed by atoms with Gasteiger partial charge in [-0.15, -0.1) is 0 Å². The third-order valence-corrected chi connectivity index (χ3v) is 1.81. The molecule has 0 saturated heterocycles. The monoisotopic (exact) mass is 137 g/mol. The van der Waals surface area contributed by atoms with Gasteiger partial charge in [0.1, 0.15) is 5.75 Å². The van der Waals surface area contributed by atoms with Gasteiger partial charge < -0.3 is 5.11 Å². The normalized spacial score (nSPS) is 15.8. The zero-order chi connectivity index (χ0) is 7.14. The molecule has 1 aliphatic heterocycles. The Morgan fingerprint density at radius 3 is 3.00 bits per heavy atom. The first-order valence-electron chi connectivity index (χ1n) is 3.21. The van der Waals surface area contributed by atoms with E-state index in [4.69, 9.17) is 5.11 Å². The van der Waals surface area contributed by atoms with Crippen molar-refractivity contribution in [2.45, 2.75) is 12.8 Å². The van der Waals surface area contributed by atoms with Gasteiger partial charge in [0, 0.05) is 19.0 Å². The van der Waals surface area contributed by atoms with E-state index in [0.717, 1.165) is 5.69 Å². The van der Waals surface area contributed by atoms with Crippen LogP contribution in [0.5, 0.6) is 5.75 Å². The number of carbonyl (C=O) groups excluding carboxylic acids is 1. The fourth-order valence-corrected chi connectivity index (χ4v) is 1.28. The fourth-order valence-electron chi connectivity index (χ4n) is 1.28. The van der Waals surface area contributed by atoms with Crippen molar-refractivity contribution in [3.05, 3.63) is 18.0 Å². The van der Waals surface area contributed by atoms with Crippen LogP contribution in [0, 0.1) is 0 Å². The topological polar surface area (TPSA) is 42.2 Å². The second kappa shape index (κ2) is 1.62. The molecule has 1 aliphatic rings. The van der Waals surface area contributed by atoms with E-state index in [1.54, 1.807) is 12.3 Å². The maximum absolute atomic E-state index is 10.9. The summed E-state index contributed by atoms with van der Waals surface area (Å²) in [5.41, 5.74) is 0.755. The highest BCUT2D eigenvalue weighted by molar-refractivity contribution is 5.83. The molecule has 52 valence electrons. The first-order valence-corrected chi connectivity index (χ1v) is 3.21. The van der Waals surface area contributed by atoms with E-state index in [0.29, 0.717) is 12.8 Å². The highest BCUT2D eigenvalue weighted by atomic mass is 16.3. The number of hydrogen-bond donors (Lipinski definition) is 1. The van der Waals surface area contributed by atoms with Crippen LogP contribution in [-0.4, -0.2) is 15.6 Å². The van der Waals surface area contributed by atoms with Crippen molar-refractivity contribution in [1.82, 2.24) is 4.57 Å². The minimum atomic E-state index is 0.0790. The first-order chi connectivity index (χ1) is 4.79. The highest BCUT2D eigenvalue weighted by Gasteiger charge is 2.20. The van der Waals surface area contributed by atoms with Crippen LogP contribution >= 0.6 is 0 Å². The smallest absolute Gasteiger partial charge is 0.231 e. The summed E-state index contributed by atoms with van der Waals surface area (Å²) in [5, 5.41) is 9.12. The molecule has 0 atom stereocenters. The summed E-state index contributed by atoms with van der Waals surface area (Å²) in [6, 6.07) is 1.55. The van der Waals surface area contributed by atoms with Crippen molar-refractivity contribution < 1.29 is 9.90 Å². The Morgan fingerprint density at radius 2 is 2.30 bits per heavy atom. The molecule has 0 unspecified atom stereocenters. The van der Waals surface area contributed by atoms with E-state index in [9.17, 15) is 4.79 Å². The molecule has 10 heavy (non-hydrogen) atoms. The van der Waals surface area contributed by atoms with Gasteiger partial charge in [-0.3, -0.25) is 9.36 Å². The lowest BCUT2D eigenvalue weighted by Crippen LogP contribution is -2.00. The van der Waals surface area contributed by atoms with Crippen molar-refractivity contribution in [3.8, 4) is 5.75 Å². The Bertz CT molecular complexity index is 288. The summed E-state index contributed by atoms with van der Waals surface area (Å²) in [6.07, 6.45) is 2.82. The average Bonchev–Trinajstić information content (AvgIpc) is 2.41. The second-order valence-corrected chi connectivity index (χ2v) is 2.41. The number of aromatic nitrogens is 1. The van der Waals surface area contributed by atoms with E-state index >= 15 is 0 Å². The second-order valence-electron chi connectivity index (χ2n) is 2.41. The maximum atomic E-state index is 10.9. The van der Waals surface area contributed by atoms with E-state index in [1.807, 2.05) is 0 Å². The molecule has 0 spiro atoms. The van der Waals surface area contributed by atoms with Crippen molar-refractivity contribution in [1.29, 1.82) is 0 Å². The molecule has 2 rings (SSSR count). The van der Waals surface area contributed by atoms with Gasteiger partial charge in [0.2, 0.25) is 5.91 Å². The molecular formula is C7H7NO2. The molecule has 0 radical (unpaired) electrons. The molecule has 0 bridgehead atoms. The Balaban J connectivity index is 2.63. The van der Waals surface area contributed by atoms with Crippen LogP contribution in [-0.2, 0) is 6.42 Å². The van der Waals surface area contributed by atoms with Crippen LogP contribution in [0.15, 0.2) is 12.3 Å². The molecule has 2 heterocycles. The summed E-state index contributed by atoms with van der Waals surface area (Å²) < 4.78 is 1.51. The van der Waals surface area contributed by atoms with Crippen LogP contribution in [0.3, 0.4) is 0 Å². The predicted molar refractivity (Wildman–Crippen MR) is 35.0 cm³/mol. The van der Waals surface area contributed by atoms with Crippen molar-refractivity contribution in [3.63, 3.8) is 0 Å². The average molecular weight is 137 g/mol. The van der Waals surface area contributed by atoms with Crippen LogP contribution in [0.25, 0.3) is 0 Å². The third kappa shape index (κ3) is 0.518. The van der Waals surface area contributed by atoms with Crippen LogP contribution in [0.1, 0.15) is 16.9 Å². The molecule has 1 aromatic heterocycles. The molecule has 1 N–H and O–H groups in total. The van der Waals surface area contributed by atoms with Crippen molar-refractivity contribution >= 4 is 5.91 Å². The van der Waals surface area contributed by atoms with Gasteiger partial charge in [-0.25, -0.2) is 0 Å². The maximum Gasteiger partial charge on any atom is 0.231 e. The molecule has 0 amide bonds. The summed E-state index contributed by atoms with van der Waals surface area (Å²) in [7, 11) is 0. The molecular weight excluding hydrogens is 130 g/mol. The molecule has 3 nitrogen and oxygen atoms in total. The van der Waals surface area contributed by atoms with E-state index < -0.39 is 0 Å². The van der Waals surface area contributed by atoms with Crippen molar-refractivity contribution in [2.24, 2.45) is 0 Å². The fraction of sp³-hybridized carbons (Fsp3) is 0.286. The Labute approximate surface area is 57.9 Å². The molecule has 0 aliphatic carbocycles. The van der Waals surface area contributed by atoms with Gasteiger partial charge in [0.15, 0.2) is 0 Å². The Hall–Kier alpha value is -1.25. The van der Waals surface area contributed by atoms with E-state index in [-0.39, 0.29) is 11.7 Å². The van der Waals surface area contributed by atoms with Crippen LogP contribution < -0.4 is 0 Å². The number of fused-ring (bicyclic) bond motifs is 1. The van der Waals surface area contributed by atoms with E-state index in [2.05, 4.69) is 0 Å². The number of nitrogens with zero attached hydrogens (tertiary/aromatic N) is 1. The molecule has 0 saturated carbocycles. The lowest BCUT2D eigenvalue weighted by atomic mass is 10.3. The van der Waals surface area contributed by atoms with Gasteiger partial charge in [-0.05, 0) is 6.07 Å². The minimum absolute atomic E-state index is 0.0790. The molecule has 3 heteroatoms. The lowest BCUT2D eigenvalue weighted by molar-refractivity contribution is 0.0924. The number of carbonyl (C=O) groups is 1. The Morgan fingerprint density at radius 1 is 1.50 bits per heavy atom. The van der Waals surface area contributed by atoms with Gasteiger partial charge in [0.25, 0.3) is 0 Å². The number of rotatable bonds is 0. The first kappa shape index (κ1) is 5.53. The summed E-state index contributed by atoms with van der Waals surface area (Å²) in [4.78, 5) is 10.9. The Kier molecular flexibility index (Phi) is 0.897. The summed E-state index contributed by atoms with van der Waals surface area (Å²) >= 11 is 0. The largest absolute Gasteiger partial charge is 0.506 e. The van der Waals surface area contributed by atoms with Gasteiger partial charge in [-0.2, -0.15) is 0 Å². The van der Waals surface area contributed by atoms with Crippen LogP contribution in [0.4, 0.5) is 0 Å². The van der Waals surface area contributed by atoms with E-state index in [1.165, 1.54) is 4.57 Å². The van der Waals surface area contributed by atoms with Crippen LogP contribution in [0.2, 0.25) is 0 Å². The quantitative estimate of drug-likeness (QED) is 0.574. The van der Waals surface area contributed by atoms with Gasteiger partial charge in [0.05, 0.1) is 5.69 Å². The van der Waals surface area contributed by atoms with Crippen molar-refractivity contribution in [2.75, 3.05) is 0 Å². The molecule has 1 aromatic rings. The number of hydrogen-bond acceptors (Lipinski definition) is 2. The zero-order valence-electron chi connectivity index (χ0n) is 5.37. The highest BCUT2D eigenvalue weighted by Crippen LogP contribution is 2.24. The SMILES string of the molecule is O=C1CCc2c(O)ccn21. The third-order valence-electron chi connectivity index (χ3n) is 1.81. The summed E-state index contributed by atoms with van der Waals surface area (Å²) in [6.45, 7) is 0. The number of aromatic hydroxyl groups is 1. The molecule has 0 fully saturated rings.